The highest BCUT2D eigenvalue weighted by atomic mass is 19.4. The molecule has 0 atom stereocenters. The maximum atomic E-state index is 12.2. The molecule has 1 heterocycles. The summed E-state index contributed by atoms with van der Waals surface area (Å²) >= 11 is 0. The Morgan fingerprint density at radius 1 is 1.35 bits per heavy atom. The van der Waals surface area contributed by atoms with E-state index in [1.165, 1.54) is 4.90 Å². The largest absolute Gasteiger partial charge is 0.401 e. The van der Waals surface area contributed by atoms with Gasteiger partial charge in [0, 0.05) is 19.8 Å². The molecule has 0 aliphatic heterocycles. The standard InChI is InChI=1S/C11H16F3N3/c1-3-17(8-11(12,13)14)7-9-4-5-10(15-2)16-6-9/h4-6H,3,7-8H2,1-2H3,(H,15,16). The predicted molar refractivity (Wildman–Crippen MR) is 60.8 cm³/mol. The van der Waals surface area contributed by atoms with Crippen molar-refractivity contribution in [2.75, 3.05) is 25.5 Å². The number of nitrogens with one attached hydrogen (secondary N) is 1. The van der Waals surface area contributed by atoms with Gasteiger partial charge in [-0.15, -0.1) is 0 Å². The van der Waals surface area contributed by atoms with E-state index in [2.05, 4.69) is 10.3 Å². The molecule has 0 bridgehead atoms. The van der Waals surface area contributed by atoms with E-state index in [1.807, 2.05) is 0 Å². The molecule has 0 amide bonds. The van der Waals surface area contributed by atoms with Crippen molar-refractivity contribution in [3.63, 3.8) is 0 Å². The highest BCUT2D eigenvalue weighted by Crippen LogP contribution is 2.18. The van der Waals surface area contributed by atoms with E-state index in [-0.39, 0.29) is 6.54 Å². The second kappa shape index (κ2) is 5.86. The number of hydrogen-bond donors (Lipinski definition) is 1. The zero-order valence-corrected chi connectivity index (χ0v) is 9.88. The quantitative estimate of drug-likeness (QED) is 0.866. The molecule has 1 N–H and O–H groups in total. The van der Waals surface area contributed by atoms with E-state index in [1.54, 1.807) is 32.3 Å². The molecule has 0 aliphatic carbocycles. The number of alkyl halides is 3. The monoisotopic (exact) mass is 247 g/mol. The minimum atomic E-state index is -4.16. The van der Waals surface area contributed by atoms with Crippen molar-refractivity contribution >= 4 is 5.82 Å². The van der Waals surface area contributed by atoms with Gasteiger partial charge in [-0.25, -0.2) is 4.98 Å². The second-order valence-electron chi connectivity index (χ2n) is 3.72. The highest BCUT2D eigenvalue weighted by molar-refractivity contribution is 5.34. The van der Waals surface area contributed by atoms with Crippen LogP contribution in [0.5, 0.6) is 0 Å². The maximum Gasteiger partial charge on any atom is 0.401 e. The Kier molecular flexibility index (Phi) is 4.74. The van der Waals surface area contributed by atoms with E-state index in [9.17, 15) is 13.2 Å². The predicted octanol–water partition coefficient (Wildman–Crippen LogP) is 2.51. The first-order chi connectivity index (χ1) is 7.94. The normalized spacial score (nSPS) is 11.9. The van der Waals surface area contributed by atoms with Crippen molar-refractivity contribution in [2.24, 2.45) is 0 Å². The van der Waals surface area contributed by atoms with Gasteiger partial charge in [-0.2, -0.15) is 13.2 Å². The summed E-state index contributed by atoms with van der Waals surface area (Å²) < 4.78 is 36.7. The smallest absolute Gasteiger partial charge is 0.373 e. The number of pyridine rings is 1. The van der Waals surface area contributed by atoms with Crippen LogP contribution in [-0.2, 0) is 6.54 Å². The fraction of sp³-hybridized carbons (Fsp3) is 0.545. The van der Waals surface area contributed by atoms with Crippen LogP contribution in [0.2, 0.25) is 0 Å². The molecular weight excluding hydrogens is 231 g/mol. The summed E-state index contributed by atoms with van der Waals surface area (Å²) in [5, 5.41) is 2.86. The Bertz CT molecular complexity index is 335. The number of nitrogens with zero attached hydrogens (tertiary/aromatic N) is 2. The number of aromatic nitrogens is 1. The first-order valence-corrected chi connectivity index (χ1v) is 5.36. The molecule has 17 heavy (non-hydrogen) atoms. The molecule has 0 aliphatic rings. The molecule has 1 rings (SSSR count). The summed E-state index contributed by atoms with van der Waals surface area (Å²) in [6.07, 6.45) is -2.57. The summed E-state index contributed by atoms with van der Waals surface area (Å²) in [7, 11) is 1.74. The summed E-state index contributed by atoms with van der Waals surface area (Å²) in [5.41, 5.74) is 0.773. The van der Waals surface area contributed by atoms with Gasteiger partial charge in [-0.1, -0.05) is 13.0 Å². The van der Waals surface area contributed by atoms with Gasteiger partial charge in [-0.05, 0) is 18.2 Å². The number of halogens is 3. The van der Waals surface area contributed by atoms with Crippen LogP contribution in [0, 0.1) is 0 Å². The van der Waals surface area contributed by atoms with Crippen LogP contribution in [0.25, 0.3) is 0 Å². The Labute approximate surface area is 98.6 Å². The van der Waals surface area contributed by atoms with Crippen molar-refractivity contribution in [2.45, 2.75) is 19.6 Å². The number of anilines is 1. The Morgan fingerprint density at radius 3 is 2.47 bits per heavy atom. The number of rotatable bonds is 5. The third-order valence-electron chi connectivity index (χ3n) is 2.34. The van der Waals surface area contributed by atoms with Gasteiger partial charge in [0.1, 0.15) is 5.82 Å². The average Bonchev–Trinajstić information content (AvgIpc) is 2.27. The lowest BCUT2D eigenvalue weighted by atomic mass is 10.2. The van der Waals surface area contributed by atoms with Crippen molar-refractivity contribution in [3.8, 4) is 0 Å². The van der Waals surface area contributed by atoms with Gasteiger partial charge in [0.25, 0.3) is 0 Å². The third kappa shape index (κ3) is 5.04. The fourth-order valence-electron chi connectivity index (χ4n) is 1.46. The lowest BCUT2D eigenvalue weighted by Gasteiger charge is -2.21. The molecule has 0 saturated carbocycles. The van der Waals surface area contributed by atoms with Gasteiger partial charge >= 0.3 is 6.18 Å². The molecule has 0 aromatic carbocycles. The summed E-state index contributed by atoms with van der Waals surface area (Å²) in [5.74, 6) is 0.701. The van der Waals surface area contributed by atoms with Crippen LogP contribution in [0.4, 0.5) is 19.0 Å². The minimum Gasteiger partial charge on any atom is -0.373 e. The Morgan fingerprint density at radius 2 is 2.06 bits per heavy atom. The molecule has 1 aromatic rings. The van der Waals surface area contributed by atoms with Crippen LogP contribution in [0.15, 0.2) is 18.3 Å². The van der Waals surface area contributed by atoms with E-state index < -0.39 is 12.7 Å². The summed E-state index contributed by atoms with van der Waals surface area (Å²) in [6, 6.07) is 3.52. The zero-order valence-electron chi connectivity index (χ0n) is 9.88. The number of hydrogen-bond acceptors (Lipinski definition) is 3. The summed E-state index contributed by atoms with van der Waals surface area (Å²) in [4.78, 5) is 5.39. The molecule has 6 heteroatoms. The van der Waals surface area contributed by atoms with Crippen LogP contribution in [0.3, 0.4) is 0 Å². The maximum absolute atomic E-state index is 12.2. The molecule has 96 valence electrons. The average molecular weight is 247 g/mol. The van der Waals surface area contributed by atoms with Gasteiger partial charge in [0.2, 0.25) is 0 Å². The fourth-order valence-corrected chi connectivity index (χ4v) is 1.46. The van der Waals surface area contributed by atoms with Crippen molar-refractivity contribution in [1.29, 1.82) is 0 Å². The van der Waals surface area contributed by atoms with Gasteiger partial charge in [0.05, 0.1) is 6.54 Å². The van der Waals surface area contributed by atoms with Crippen LogP contribution in [-0.4, -0.2) is 36.2 Å². The van der Waals surface area contributed by atoms with Crippen LogP contribution >= 0.6 is 0 Å². The van der Waals surface area contributed by atoms with Gasteiger partial charge in [0.15, 0.2) is 0 Å². The molecule has 1 aromatic heterocycles. The highest BCUT2D eigenvalue weighted by Gasteiger charge is 2.29. The first-order valence-electron chi connectivity index (χ1n) is 5.36. The lowest BCUT2D eigenvalue weighted by Crippen LogP contribution is -2.33. The molecular formula is C11H16F3N3. The van der Waals surface area contributed by atoms with Crippen LogP contribution < -0.4 is 5.32 Å². The topological polar surface area (TPSA) is 28.2 Å². The molecule has 0 radical (unpaired) electrons. The first kappa shape index (κ1) is 13.8. The summed E-state index contributed by atoms with van der Waals surface area (Å²) in [6.45, 7) is 1.43. The molecule has 0 fully saturated rings. The Hall–Kier alpha value is -1.30. The van der Waals surface area contributed by atoms with Gasteiger partial charge in [-0.3, -0.25) is 4.90 Å². The van der Waals surface area contributed by atoms with Crippen molar-refractivity contribution < 1.29 is 13.2 Å². The van der Waals surface area contributed by atoms with E-state index >= 15 is 0 Å². The molecule has 0 unspecified atom stereocenters. The van der Waals surface area contributed by atoms with E-state index in [4.69, 9.17) is 0 Å². The minimum absolute atomic E-state index is 0.257. The SMILES string of the molecule is CCN(Cc1ccc(NC)nc1)CC(F)(F)F. The Balaban J connectivity index is 2.61. The second-order valence-corrected chi connectivity index (χ2v) is 3.72. The van der Waals surface area contributed by atoms with Gasteiger partial charge < -0.3 is 5.32 Å². The molecule has 3 nitrogen and oxygen atoms in total. The van der Waals surface area contributed by atoms with Crippen molar-refractivity contribution in [1.82, 2.24) is 9.88 Å². The lowest BCUT2D eigenvalue weighted by molar-refractivity contribution is -0.146. The van der Waals surface area contributed by atoms with Crippen molar-refractivity contribution in [3.05, 3.63) is 23.9 Å². The molecule has 0 spiro atoms. The van der Waals surface area contributed by atoms with E-state index in [0.717, 1.165) is 5.56 Å². The van der Waals surface area contributed by atoms with E-state index in [0.29, 0.717) is 12.4 Å². The third-order valence-corrected chi connectivity index (χ3v) is 2.34. The van der Waals surface area contributed by atoms with Crippen LogP contribution in [0.1, 0.15) is 12.5 Å². The zero-order chi connectivity index (χ0) is 12.9. The molecule has 0 saturated heterocycles.